The standard InChI is InChI=1S/C13H10F2N4O/c1-20-10-6-5-8-12(18-10)19(13(16)17-8)9-4-2-3-7(14)11(9)15/h2-6H,1H3,(H2,16,17). The number of ether oxygens (including phenoxy) is 1. The molecule has 0 spiro atoms. The highest BCUT2D eigenvalue weighted by molar-refractivity contribution is 5.77. The number of fused-ring (bicyclic) bond motifs is 1. The van der Waals surface area contributed by atoms with Crippen LogP contribution in [0.4, 0.5) is 14.7 Å². The van der Waals surface area contributed by atoms with E-state index in [1.807, 2.05) is 0 Å². The molecule has 0 aliphatic rings. The number of aromatic nitrogens is 3. The summed E-state index contributed by atoms with van der Waals surface area (Å²) in [6.07, 6.45) is 0. The number of imidazole rings is 1. The molecule has 2 heterocycles. The normalized spacial score (nSPS) is 10.9. The van der Waals surface area contributed by atoms with Gasteiger partial charge in [0, 0.05) is 6.07 Å². The van der Waals surface area contributed by atoms with Gasteiger partial charge in [-0.15, -0.1) is 0 Å². The molecule has 0 amide bonds. The molecule has 3 rings (SSSR count). The molecule has 102 valence electrons. The molecular formula is C13H10F2N4O. The van der Waals surface area contributed by atoms with E-state index in [0.29, 0.717) is 17.0 Å². The van der Waals surface area contributed by atoms with Crippen LogP contribution in [0.15, 0.2) is 30.3 Å². The van der Waals surface area contributed by atoms with Crippen LogP contribution in [0.5, 0.6) is 5.88 Å². The minimum Gasteiger partial charge on any atom is -0.481 e. The van der Waals surface area contributed by atoms with Gasteiger partial charge in [0.1, 0.15) is 5.52 Å². The van der Waals surface area contributed by atoms with Gasteiger partial charge in [-0.3, -0.25) is 4.57 Å². The molecule has 2 aromatic heterocycles. The first-order valence-corrected chi connectivity index (χ1v) is 5.75. The summed E-state index contributed by atoms with van der Waals surface area (Å²) in [7, 11) is 1.46. The Morgan fingerprint density at radius 3 is 2.70 bits per heavy atom. The number of rotatable bonds is 2. The zero-order chi connectivity index (χ0) is 14.3. The summed E-state index contributed by atoms with van der Waals surface area (Å²) in [4.78, 5) is 8.24. The van der Waals surface area contributed by atoms with Crippen LogP contribution in [-0.4, -0.2) is 21.6 Å². The van der Waals surface area contributed by atoms with Gasteiger partial charge in [-0.2, -0.15) is 4.98 Å². The fraction of sp³-hybridized carbons (Fsp3) is 0.0769. The molecule has 5 nitrogen and oxygen atoms in total. The molecule has 0 unspecified atom stereocenters. The maximum atomic E-state index is 13.9. The van der Waals surface area contributed by atoms with Crippen molar-refractivity contribution in [1.82, 2.24) is 14.5 Å². The van der Waals surface area contributed by atoms with E-state index in [2.05, 4.69) is 9.97 Å². The highest BCUT2D eigenvalue weighted by atomic mass is 19.2. The first-order chi connectivity index (χ1) is 9.61. The second kappa shape index (κ2) is 4.44. The van der Waals surface area contributed by atoms with Crippen molar-refractivity contribution in [3.05, 3.63) is 42.0 Å². The Morgan fingerprint density at radius 1 is 1.15 bits per heavy atom. The van der Waals surface area contributed by atoms with Crippen molar-refractivity contribution in [2.45, 2.75) is 0 Å². The number of hydrogen-bond acceptors (Lipinski definition) is 4. The van der Waals surface area contributed by atoms with Crippen molar-refractivity contribution < 1.29 is 13.5 Å². The van der Waals surface area contributed by atoms with Crippen LogP contribution >= 0.6 is 0 Å². The maximum Gasteiger partial charge on any atom is 0.215 e. The summed E-state index contributed by atoms with van der Waals surface area (Å²) >= 11 is 0. The number of anilines is 1. The van der Waals surface area contributed by atoms with Crippen LogP contribution < -0.4 is 10.5 Å². The van der Waals surface area contributed by atoms with Crippen molar-refractivity contribution >= 4 is 17.1 Å². The molecule has 0 aliphatic carbocycles. The van der Waals surface area contributed by atoms with E-state index in [-0.39, 0.29) is 11.6 Å². The van der Waals surface area contributed by atoms with E-state index in [1.165, 1.54) is 23.8 Å². The molecule has 0 atom stereocenters. The molecule has 0 saturated carbocycles. The molecule has 0 bridgehead atoms. The summed E-state index contributed by atoms with van der Waals surface area (Å²) in [6, 6.07) is 7.07. The Labute approximate surface area is 112 Å². The van der Waals surface area contributed by atoms with E-state index >= 15 is 0 Å². The summed E-state index contributed by atoms with van der Waals surface area (Å²) < 4.78 is 33.5. The third-order valence-corrected chi connectivity index (χ3v) is 2.89. The molecule has 0 saturated heterocycles. The SMILES string of the molecule is COc1ccc2nc(N)n(-c3cccc(F)c3F)c2n1. The molecule has 7 heteroatoms. The van der Waals surface area contributed by atoms with Crippen molar-refractivity contribution in [1.29, 1.82) is 0 Å². The summed E-state index contributed by atoms with van der Waals surface area (Å²) in [5, 5.41) is 0. The largest absolute Gasteiger partial charge is 0.481 e. The van der Waals surface area contributed by atoms with Gasteiger partial charge in [0.15, 0.2) is 17.3 Å². The zero-order valence-corrected chi connectivity index (χ0v) is 10.5. The molecule has 0 aliphatic heterocycles. The van der Waals surface area contributed by atoms with Gasteiger partial charge in [0.05, 0.1) is 12.8 Å². The zero-order valence-electron chi connectivity index (χ0n) is 10.5. The van der Waals surface area contributed by atoms with Crippen molar-refractivity contribution in [2.24, 2.45) is 0 Å². The van der Waals surface area contributed by atoms with Gasteiger partial charge < -0.3 is 10.5 Å². The Hall–Kier alpha value is -2.70. The lowest BCUT2D eigenvalue weighted by Crippen LogP contribution is -2.05. The van der Waals surface area contributed by atoms with Gasteiger partial charge in [0.25, 0.3) is 0 Å². The Bertz CT molecular complexity index is 800. The first kappa shape index (κ1) is 12.3. The van der Waals surface area contributed by atoms with Crippen LogP contribution in [0.2, 0.25) is 0 Å². The number of halogens is 2. The second-order valence-electron chi connectivity index (χ2n) is 4.07. The summed E-state index contributed by atoms with van der Waals surface area (Å²) in [5.74, 6) is -1.63. The lowest BCUT2D eigenvalue weighted by Gasteiger charge is -2.08. The van der Waals surface area contributed by atoms with Crippen LogP contribution in [0.1, 0.15) is 0 Å². The highest BCUT2D eigenvalue weighted by Gasteiger charge is 2.17. The topological polar surface area (TPSA) is 66.0 Å². The second-order valence-corrected chi connectivity index (χ2v) is 4.07. The highest BCUT2D eigenvalue weighted by Crippen LogP contribution is 2.26. The van der Waals surface area contributed by atoms with Crippen molar-refractivity contribution in [3.63, 3.8) is 0 Å². The Kier molecular flexibility index (Phi) is 2.74. The Balaban J connectivity index is 2.35. The van der Waals surface area contributed by atoms with Crippen molar-refractivity contribution in [3.8, 4) is 11.6 Å². The molecule has 2 N–H and O–H groups in total. The third kappa shape index (κ3) is 1.75. The van der Waals surface area contributed by atoms with Gasteiger partial charge in [-0.1, -0.05) is 6.07 Å². The minimum absolute atomic E-state index is 0.0188. The van der Waals surface area contributed by atoms with E-state index in [9.17, 15) is 8.78 Å². The number of hydrogen-bond donors (Lipinski definition) is 1. The van der Waals surface area contributed by atoms with E-state index in [0.717, 1.165) is 6.07 Å². The predicted octanol–water partition coefficient (Wildman–Crippen LogP) is 2.29. The smallest absolute Gasteiger partial charge is 0.215 e. The monoisotopic (exact) mass is 276 g/mol. The molecule has 3 aromatic rings. The molecule has 20 heavy (non-hydrogen) atoms. The van der Waals surface area contributed by atoms with Crippen LogP contribution in [0, 0.1) is 11.6 Å². The minimum atomic E-state index is -1.01. The average molecular weight is 276 g/mol. The Morgan fingerprint density at radius 2 is 1.95 bits per heavy atom. The van der Waals surface area contributed by atoms with Gasteiger partial charge >= 0.3 is 0 Å². The fourth-order valence-electron chi connectivity index (χ4n) is 1.97. The fourth-order valence-corrected chi connectivity index (χ4v) is 1.97. The molecular weight excluding hydrogens is 266 g/mol. The summed E-state index contributed by atoms with van der Waals surface area (Å²) in [5.41, 5.74) is 6.49. The van der Waals surface area contributed by atoms with Crippen molar-refractivity contribution in [2.75, 3.05) is 12.8 Å². The number of benzene rings is 1. The van der Waals surface area contributed by atoms with Gasteiger partial charge in [-0.25, -0.2) is 13.8 Å². The number of nitrogen functional groups attached to an aromatic ring is 1. The molecule has 1 aromatic carbocycles. The van der Waals surface area contributed by atoms with Gasteiger partial charge in [-0.05, 0) is 18.2 Å². The van der Waals surface area contributed by atoms with E-state index < -0.39 is 11.6 Å². The maximum absolute atomic E-state index is 13.9. The van der Waals surface area contributed by atoms with Crippen LogP contribution in [-0.2, 0) is 0 Å². The predicted molar refractivity (Wildman–Crippen MR) is 69.7 cm³/mol. The number of nitrogens with zero attached hydrogens (tertiary/aromatic N) is 3. The first-order valence-electron chi connectivity index (χ1n) is 5.75. The third-order valence-electron chi connectivity index (χ3n) is 2.89. The van der Waals surface area contributed by atoms with E-state index in [1.54, 1.807) is 12.1 Å². The van der Waals surface area contributed by atoms with Crippen LogP contribution in [0.3, 0.4) is 0 Å². The van der Waals surface area contributed by atoms with Gasteiger partial charge in [0.2, 0.25) is 11.8 Å². The quantitative estimate of drug-likeness (QED) is 0.780. The lowest BCUT2D eigenvalue weighted by atomic mass is 10.3. The molecule has 0 radical (unpaired) electrons. The molecule has 0 fully saturated rings. The summed E-state index contributed by atoms with van der Waals surface area (Å²) in [6.45, 7) is 0. The lowest BCUT2D eigenvalue weighted by molar-refractivity contribution is 0.399. The number of methoxy groups -OCH3 is 1. The van der Waals surface area contributed by atoms with Crippen LogP contribution in [0.25, 0.3) is 16.9 Å². The number of pyridine rings is 1. The van der Waals surface area contributed by atoms with E-state index in [4.69, 9.17) is 10.5 Å². The number of nitrogens with two attached hydrogens (primary N) is 1. The average Bonchev–Trinajstić information content (AvgIpc) is 2.77.